The average molecular weight is 1020 g/mol. The molecule has 0 bridgehead atoms. The maximum Gasteiger partial charge on any atom is 0.306 e. The van der Waals surface area contributed by atoms with Gasteiger partial charge in [-0.2, -0.15) is 0 Å². The molecule has 0 aromatic rings. The van der Waals surface area contributed by atoms with Crippen molar-refractivity contribution < 1.29 is 44.2 Å². The van der Waals surface area contributed by atoms with Gasteiger partial charge >= 0.3 is 5.97 Å². The number of ether oxygens (including phenoxy) is 4. The number of aliphatic hydroxyl groups is 4. The number of aliphatic hydroxyl groups excluding tert-OH is 4. The number of carbonyl (C=O) groups is 1. The average Bonchev–Trinajstić information content (AvgIpc) is 3.38. The molecule has 9 nitrogen and oxygen atoms in total. The van der Waals surface area contributed by atoms with Crippen LogP contribution in [-0.4, -0.2) is 89.6 Å². The zero-order valence-electron chi connectivity index (χ0n) is 46.7. The van der Waals surface area contributed by atoms with E-state index in [1.54, 1.807) is 0 Å². The molecular weight excluding hydrogens is 901 g/mol. The Balaban J connectivity index is 2.14. The molecule has 0 spiro atoms. The number of allylic oxidation sites excluding steroid dienone is 10. The summed E-state index contributed by atoms with van der Waals surface area (Å²) >= 11 is 0. The summed E-state index contributed by atoms with van der Waals surface area (Å²) in [5.41, 5.74) is 0. The lowest BCUT2D eigenvalue weighted by Gasteiger charge is -2.39. The third-order valence-electron chi connectivity index (χ3n) is 13.9. The quantitative estimate of drug-likeness (QED) is 0.0267. The molecule has 4 N–H and O–H groups in total. The van der Waals surface area contributed by atoms with Gasteiger partial charge in [-0.15, -0.1) is 0 Å². The summed E-state index contributed by atoms with van der Waals surface area (Å²) in [6.45, 7) is 4.56. The topological polar surface area (TPSA) is 135 Å². The van der Waals surface area contributed by atoms with Crippen molar-refractivity contribution in [1.29, 1.82) is 0 Å². The summed E-state index contributed by atoms with van der Waals surface area (Å²) in [7, 11) is 0. The van der Waals surface area contributed by atoms with E-state index in [-0.39, 0.29) is 19.2 Å². The molecule has 0 aromatic carbocycles. The van der Waals surface area contributed by atoms with Crippen molar-refractivity contribution in [3.05, 3.63) is 60.8 Å². The number of hydrogen-bond donors (Lipinski definition) is 4. The Hall–Kier alpha value is -2.11. The van der Waals surface area contributed by atoms with Gasteiger partial charge in [-0.25, -0.2) is 0 Å². The van der Waals surface area contributed by atoms with E-state index in [9.17, 15) is 25.2 Å². The van der Waals surface area contributed by atoms with E-state index in [4.69, 9.17) is 18.9 Å². The van der Waals surface area contributed by atoms with Crippen molar-refractivity contribution in [3.63, 3.8) is 0 Å². The van der Waals surface area contributed by atoms with Crippen molar-refractivity contribution in [3.8, 4) is 0 Å². The highest BCUT2D eigenvalue weighted by Crippen LogP contribution is 2.23. The van der Waals surface area contributed by atoms with Crippen molar-refractivity contribution >= 4 is 5.97 Å². The summed E-state index contributed by atoms with van der Waals surface area (Å²) < 4.78 is 23.0. The third kappa shape index (κ3) is 43.2. The Morgan fingerprint density at radius 3 is 1.21 bits per heavy atom. The van der Waals surface area contributed by atoms with Crippen molar-refractivity contribution in [2.24, 2.45) is 0 Å². The van der Waals surface area contributed by atoms with Gasteiger partial charge in [-0.3, -0.25) is 4.79 Å². The second-order valence-corrected chi connectivity index (χ2v) is 20.8. The predicted molar refractivity (Wildman–Crippen MR) is 302 cm³/mol. The molecule has 0 aromatic heterocycles. The van der Waals surface area contributed by atoms with Gasteiger partial charge in [0, 0.05) is 13.0 Å². The summed E-state index contributed by atoms with van der Waals surface area (Å²) in [4.78, 5) is 12.9. The van der Waals surface area contributed by atoms with Crippen LogP contribution >= 0.6 is 0 Å². The van der Waals surface area contributed by atoms with E-state index in [1.165, 1.54) is 199 Å². The highest BCUT2D eigenvalue weighted by molar-refractivity contribution is 5.69. The predicted octanol–water partition coefficient (Wildman–Crippen LogP) is 16.2. The van der Waals surface area contributed by atoms with E-state index in [0.29, 0.717) is 13.0 Å². The van der Waals surface area contributed by atoms with Crippen LogP contribution in [0.4, 0.5) is 0 Å². The van der Waals surface area contributed by atoms with Gasteiger partial charge in [-0.1, -0.05) is 242 Å². The summed E-state index contributed by atoms with van der Waals surface area (Å²) in [6.07, 6.45) is 64.1. The summed E-state index contributed by atoms with van der Waals surface area (Å²) in [5, 5.41) is 40.4. The molecule has 1 aliphatic rings. The van der Waals surface area contributed by atoms with Gasteiger partial charge in [-0.05, 0) is 83.5 Å². The lowest BCUT2D eigenvalue weighted by atomic mass is 9.99. The van der Waals surface area contributed by atoms with Crippen molar-refractivity contribution in [2.75, 3.05) is 26.4 Å². The molecule has 1 fully saturated rings. The van der Waals surface area contributed by atoms with Crippen LogP contribution in [0.1, 0.15) is 271 Å². The molecule has 0 saturated carbocycles. The first-order valence-corrected chi connectivity index (χ1v) is 30.4. The molecule has 1 aliphatic heterocycles. The number of unbranched alkanes of at least 4 members (excludes halogenated alkanes) is 32. The molecule has 0 amide bonds. The first-order valence-electron chi connectivity index (χ1n) is 30.4. The summed E-state index contributed by atoms with van der Waals surface area (Å²) in [6, 6.07) is 0. The van der Waals surface area contributed by atoms with Crippen LogP contribution in [0.3, 0.4) is 0 Å². The van der Waals surface area contributed by atoms with Gasteiger partial charge < -0.3 is 39.4 Å². The van der Waals surface area contributed by atoms with Gasteiger partial charge in [0.15, 0.2) is 6.29 Å². The fraction of sp³-hybridized carbons (Fsp3) is 0.825. The minimum absolute atomic E-state index is 0.116. The van der Waals surface area contributed by atoms with E-state index < -0.39 is 43.4 Å². The molecule has 0 aliphatic carbocycles. The highest BCUT2D eigenvalue weighted by atomic mass is 16.7. The van der Waals surface area contributed by atoms with Crippen molar-refractivity contribution in [2.45, 2.75) is 307 Å². The van der Waals surface area contributed by atoms with Crippen LogP contribution in [0.25, 0.3) is 0 Å². The highest BCUT2D eigenvalue weighted by Gasteiger charge is 2.44. The van der Waals surface area contributed by atoms with Gasteiger partial charge in [0.2, 0.25) is 0 Å². The molecule has 6 atom stereocenters. The van der Waals surface area contributed by atoms with Crippen LogP contribution in [-0.2, 0) is 23.7 Å². The molecule has 420 valence electrons. The Bertz CT molecular complexity index is 1290. The molecule has 1 heterocycles. The van der Waals surface area contributed by atoms with E-state index in [1.807, 2.05) is 0 Å². The molecule has 72 heavy (non-hydrogen) atoms. The first-order chi connectivity index (χ1) is 35.4. The minimum Gasteiger partial charge on any atom is -0.457 e. The molecule has 1 saturated heterocycles. The van der Waals surface area contributed by atoms with Gasteiger partial charge in [0.25, 0.3) is 0 Å². The second kappa shape index (κ2) is 53.7. The van der Waals surface area contributed by atoms with Crippen LogP contribution in [0.5, 0.6) is 0 Å². The minimum atomic E-state index is -1.54. The van der Waals surface area contributed by atoms with Crippen LogP contribution in [0, 0.1) is 0 Å². The number of esters is 1. The zero-order valence-corrected chi connectivity index (χ0v) is 46.7. The van der Waals surface area contributed by atoms with Crippen molar-refractivity contribution in [1.82, 2.24) is 0 Å². The molecule has 6 unspecified atom stereocenters. The lowest BCUT2D eigenvalue weighted by Crippen LogP contribution is -2.59. The van der Waals surface area contributed by atoms with Crippen LogP contribution in [0.15, 0.2) is 60.8 Å². The fourth-order valence-corrected chi connectivity index (χ4v) is 9.18. The largest absolute Gasteiger partial charge is 0.457 e. The maximum absolute atomic E-state index is 12.9. The first kappa shape index (κ1) is 67.9. The van der Waals surface area contributed by atoms with E-state index >= 15 is 0 Å². The van der Waals surface area contributed by atoms with Gasteiger partial charge in [0.05, 0.1) is 19.8 Å². The standard InChI is InChI=1S/C63H114O9/c1-3-5-7-9-11-13-15-17-19-21-23-25-27-28-29-31-33-35-37-39-41-43-45-47-49-51-53-69-55-57(56-70-63-62(68)61(67)60(66)58(54-64)72-63)71-59(65)52-50-48-46-44-42-40-38-36-34-32-30-26-24-22-20-18-16-14-12-10-8-6-4-2/h15-18,21-24,27-28,57-58,60-64,66-68H,3-14,19-20,25-26,29-56H2,1-2H3/b17-15-,18-16-,23-21-,24-22-,28-27-. The van der Waals surface area contributed by atoms with E-state index in [0.717, 1.165) is 51.4 Å². The monoisotopic (exact) mass is 1010 g/mol. The molecular formula is C63H114O9. The number of rotatable bonds is 53. The second-order valence-electron chi connectivity index (χ2n) is 20.8. The van der Waals surface area contributed by atoms with Gasteiger partial charge in [0.1, 0.15) is 30.5 Å². The Morgan fingerprint density at radius 2 is 0.806 bits per heavy atom. The summed E-state index contributed by atoms with van der Waals surface area (Å²) in [5.74, 6) is -0.314. The molecule has 0 radical (unpaired) electrons. The smallest absolute Gasteiger partial charge is 0.306 e. The molecule has 1 rings (SSSR count). The van der Waals surface area contributed by atoms with Crippen LogP contribution < -0.4 is 0 Å². The fourth-order valence-electron chi connectivity index (χ4n) is 9.18. The maximum atomic E-state index is 12.9. The van der Waals surface area contributed by atoms with Crippen LogP contribution in [0.2, 0.25) is 0 Å². The number of carbonyl (C=O) groups excluding carboxylic acids is 1. The number of hydrogen-bond acceptors (Lipinski definition) is 9. The Labute approximate surface area is 443 Å². The Morgan fingerprint density at radius 1 is 0.444 bits per heavy atom. The third-order valence-corrected chi connectivity index (χ3v) is 13.9. The zero-order chi connectivity index (χ0) is 52.1. The SMILES string of the molecule is CCCCCCC/C=C\C/C=C\C/C=C\CCCCCCCCCCCCCOCC(COC1OC(CO)C(O)C(O)C1O)OC(=O)CCCCCCCCCCCCC/C=C\C/C=C\CCCCCCC. The lowest BCUT2D eigenvalue weighted by molar-refractivity contribution is -0.305. The Kier molecular flexibility index (Phi) is 50.7. The molecule has 9 heteroatoms. The normalized spacial score (nSPS) is 19.1. The van der Waals surface area contributed by atoms with E-state index in [2.05, 4.69) is 74.6 Å².